The van der Waals surface area contributed by atoms with Crippen molar-refractivity contribution in [1.29, 1.82) is 5.26 Å². The van der Waals surface area contributed by atoms with Crippen LogP contribution in [0.1, 0.15) is 44.1 Å². The number of nitrogens with zero attached hydrogens (tertiary/aromatic N) is 1. The van der Waals surface area contributed by atoms with E-state index >= 15 is 0 Å². The van der Waals surface area contributed by atoms with E-state index < -0.39 is 23.1 Å². The second-order valence-electron chi connectivity index (χ2n) is 7.37. The average molecular weight is 433 g/mol. The van der Waals surface area contributed by atoms with Crippen molar-refractivity contribution < 1.29 is 13.6 Å². The summed E-state index contributed by atoms with van der Waals surface area (Å²) in [5.41, 5.74) is 2.46. The molecule has 33 heavy (non-hydrogen) atoms. The number of hydrogen-bond donors (Lipinski definition) is 0. The van der Waals surface area contributed by atoms with Gasteiger partial charge in [-0.3, -0.25) is 4.79 Å². The number of halogens is 2. The molecule has 0 amide bonds. The third-order valence-electron chi connectivity index (χ3n) is 5.20. The molecule has 1 atom stereocenters. The molecule has 0 saturated heterocycles. The SMILES string of the molecule is N#Cc1c(F)cc(C#Cc2ccc(C(C(=O)c3ccccc3)c3ccccc3)cc2)cc1F. The molecule has 0 spiro atoms. The van der Waals surface area contributed by atoms with Crippen LogP contribution in [0.3, 0.4) is 0 Å². The molecule has 4 aromatic carbocycles. The Labute approximate surface area is 190 Å². The van der Waals surface area contributed by atoms with Crippen LogP contribution in [-0.4, -0.2) is 5.78 Å². The van der Waals surface area contributed by atoms with Crippen molar-refractivity contribution in [3.8, 4) is 17.9 Å². The summed E-state index contributed by atoms with van der Waals surface area (Å²) in [4.78, 5) is 13.3. The zero-order valence-electron chi connectivity index (χ0n) is 17.4. The first-order chi connectivity index (χ1) is 16.1. The predicted octanol–water partition coefficient (Wildman–Crippen LogP) is 6.25. The zero-order chi connectivity index (χ0) is 23.2. The van der Waals surface area contributed by atoms with Crippen LogP contribution in [0.2, 0.25) is 0 Å². The third-order valence-corrected chi connectivity index (χ3v) is 5.20. The second kappa shape index (κ2) is 9.73. The average Bonchev–Trinajstić information content (AvgIpc) is 2.85. The molecule has 0 aliphatic carbocycles. The maximum Gasteiger partial charge on any atom is 0.174 e. The second-order valence-corrected chi connectivity index (χ2v) is 7.37. The number of hydrogen-bond acceptors (Lipinski definition) is 2. The molecule has 0 saturated carbocycles. The summed E-state index contributed by atoms with van der Waals surface area (Å²) >= 11 is 0. The fourth-order valence-corrected chi connectivity index (χ4v) is 3.57. The van der Waals surface area contributed by atoms with E-state index in [1.807, 2.05) is 60.7 Å². The highest BCUT2D eigenvalue weighted by molar-refractivity contribution is 6.03. The highest BCUT2D eigenvalue weighted by Gasteiger charge is 2.23. The quantitative estimate of drug-likeness (QED) is 0.282. The zero-order valence-corrected chi connectivity index (χ0v) is 17.4. The molecule has 0 heterocycles. The first kappa shape index (κ1) is 21.7. The predicted molar refractivity (Wildman–Crippen MR) is 123 cm³/mol. The van der Waals surface area contributed by atoms with Crippen LogP contribution in [0.15, 0.2) is 97.1 Å². The fraction of sp³-hybridized carbons (Fsp3) is 0.0345. The highest BCUT2D eigenvalue weighted by atomic mass is 19.1. The summed E-state index contributed by atoms with van der Waals surface area (Å²) in [5, 5.41) is 8.77. The number of rotatable bonds is 4. The van der Waals surface area contributed by atoms with Gasteiger partial charge in [0.15, 0.2) is 5.78 Å². The maximum absolute atomic E-state index is 13.8. The Morgan fingerprint density at radius 1 is 0.697 bits per heavy atom. The van der Waals surface area contributed by atoms with Crippen molar-refractivity contribution in [3.63, 3.8) is 0 Å². The lowest BCUT2D eigenvalue weighted by molar-refractivity contribution is 0.0974. The highest BCUT2D eigenvalue weighted by Crippen LogP contribution is 2.29. The molecule has 0 bridgehead atoms. The van der Waals surface area contributed by atoms with Crippen molar-refractivity contribution in [2.45, 2.75) is 5.92 Å². The Bertz CT molecular complexity index is 1370. The third kappa shape index (κ3) is 4.87. The molecular weight excluding hydrogens is 416 g/mol. The van der Waals surface area contributed by atoms with Crippen molar-refractivity contribution in [2.75, 3.05) is 0 Å². The lowest BCUT2D eigenvalue weighted by atomic mass is 9.84. The smallest absolute Gasteiger partial charge is 0.174 e. The molecule has 158 valence electrons. The summed E-state index contributed by atoms with van der Waals surface area (Å²) in [6.45, 7) is 0. The van der Waals surface area contributed by atoms with Crippen LogP contribution in [-0.2, 0) is 0 Å². The normalized spacial score (nSPS) is 11.1. The van der Waals surface area contributed by atoms with E-state index in [1.165, 1.54) is 6.07 Å². The first-order valence-corrected chi connectivity index (χ1v) is 10.2. The van der Waals surface area contributed by atoms with Crippen LogP contribution in [0.4, 0.5) is 8.78 Å². The van der Waals surface area contributed by atoms with E-state index in [-0.39, 0.29) is 11.3 Å². The van der Waals surface area contributed by atoms with Crippen molar-refractivity contribution in [1.82, 2.24) is 0 Å². The largest absolute Gasteiger partial charge is 0.293 e. The number of Topliss-reactive ketones (excluding diaryl/α,β-unsaturated/α-hetero) is 1. The Balaban J connectivity index is 1.65. The molecular formula is C29H17F2NO. The van der Waals surface area contributed by atoms with Gasteiger partial charge in [0, 0.05) is 16.7 Å². The van der Waals surface area contributed by atoms with Gasteiger partial charge in [-0.15, -0.1) is 0 Å². The van der Waals surface area contributed by atoms with Crippen LogP contribution >= 0.6 is 0 Å². The van der Waals surface area contributed by atoms with Gasteiger partial charge in [0.05, 0.1) is 5.92 Å². The minimum atomic E-state index is -0.942. The molecule has 4 aromatic rings. The summed E-state index contributed by atoms with van der Waals surface area (Å²) in [6.07, 6.45) is 0. The van der Waals surface area contributed by atoms with E-state index in [0.717, 1.165) is 23.3 Å². The molecule has 0 fully saturated rings. The molecule has 1 unspecified atom stereocenters. The fourth-order valence-electron chi connectivity index (χ4n) is 3.57. The minimum absolute atomic E-state index is 0.0100. The van der Waals surface area contributed by atoms with E-state index in [2.05, 4.69) is 11.8 Å². The summed E-state index contributed by atoms with van der Waals surface area (Å²) in [7, 11) is 0. The summed E-state index contributed by atoms with van der Waals surface area (Å²) in [5.74, 6) is 3.22. The summed E-state index contributed by atoms with van der Waals surface area (Å²) < 4.78 is 27.6. The van der Waals surface area contributed by atoms with Crippen LogP contribution < -0.4 is 0 Å². The molecule has 0 aliphatic rings. The van der Waals surface area contributed by atoms with E-state index in [1.54, 1.807) is 24.3 Å². The Morgan fingerprint density at radius 2 is 1.21 bits per heavy atom. The molecule has 4 rings (SSSR count). The number of carbonyl (C=O) groups excluding carboxylic acids is 1. The Hall–Kier alpha value is -4.54. The van der Waals surface area contributed by atoms with Crippen LogP contribution in [0.5, 0.6) is 0 Å². The lowest BCUT2D eigenvalue weighted by Crippen LogP contribution is -2.14. The number of nitriles is 1. The van der Waals surface area contributed by atoms with Gasteiger partial charge in [-0.1, -0.05) is 84.6 Å². The van der Waals surface area contributed by atoms with E-state index in [0.29, 0.717) is 11.1 Å². The first-order valence-electron chi connectivity index (χ1n) is 10.2. The van der Waals surface area contributed by atoms with Gasteiger partial charge < -0.3 is 0 Å². The van der Waals surface area contributed by atoms with Gasteiger partial charge in [0.1, 0.15) is 23.3 Å². The van der Waals surface area contributed by atoms with Gasteiger partial charge in [0.2, 0.25) is 0 Å². The van der Waals surface area contributed by atoms with Crippen molar-refractivity contribution >= 4 is 5.78 Å². The number of carbonyl (C=O) groups is 1. The molecule has 0 N–H and O–H groups in total. The lowest BCUT2D eigenvalue weighted by Gasteiger charge is -2.17. The number of ketones is 1. The molecule has 0 aliphatic heterocycles. The standard InChI is InChI=1S/C29H17F2NO/c30-26-17-21(18-27(31)25(26)19-32)12-11-20-13-15-23(16-14-20)28(22-7-3-1-4-8-22)29(33)24-9-5-2-6-10-24/h1-10,13-18,28H. The Morgan fingerprint density at radius 3 is 1.79 bits per heavy atom. The van der Waals surface area contributed by atoms with Gasteiger partial charge in [-0.25, -0.2) is 8.78 Å². The monoisotopic (exact) mass is 433 g/mol. The van der Waals surface area contributed by atoms with Gasteiger partial charge in [0.25, 0.3) is 0 Å². The van der Waals surface area contributed by atoms with Crippen molar-refractivity contribution in [2.24, 2.45) is 0 Å². The number of benzene rings is 4. The van der Waals surface area contributed by atoms with E-state index in [9.17, 15) is 13.6 Å². The van der Waals surface area contributed by atoms with Gasteiger partial charge >= 0.3 is 0 Å². The topological polar surface area (TPSA) is 40.9 Å². The molecule has 0 radical (unpaired) electrons. The van der Waals surface area contributed by atoms with E-state index in [4.69, 9.17) is 5.26 Å². The van der Waals surface area contributed by atoms with Crippen LogP contribution in [0, 0.1) is 34.8 Å². The van der Waals surface area contributed by atoms with Crippen molar-refractivity contribution in [3.05, 3.63) is 142 Å². The Kier molecular flexibility index (Phi) is 6.39. The minimum Gasteiger partial charge on any atom is -0.293 e. The molecule has 0 aromatic heterocycles. The molecule has 2 nitrogen and oxygen atoms in total. The van der Waals surface area contributed by atoms with Gasteiger partial charge in [-0.2, -0.15) is 5.26 Å². The van der Waals surface area contributed by atoms with Gasteiger partial charge in [-0.05, 0) is 35.4 Å². The molecule has 4 heteroatoms. The summed E-state index contributed by atoms with van der Waals surface area (Å²) in [6, 6.07) is 29.5. The van der Waals surface area contributed by atoms with Crippen LogP contribution in [0.25, 0.3) is 0 Å². The maximum atomic E-state index is 13.8.